The average Bonchev–Trinajstić information content (AvgIpc) is 2.42. The summed E-state index contributed by atoms with van der Waals surface area (Å²) in [5, 5.41) is 3.59. The second-order valence-electron chi connectivity index (χ2n) is 5.26. The van der Waals surface area contributed by atoms with Gasteiger partial charge in [-0.25, -0.2) is 0 Å². The number of benzene rings is 2. The third-order valence-corrected chi connectivity index (χ3v) is 4.41. The molecule has 0 saturated heterocycles. The quantitative estimate of drug-likeness (QED) is 0.867. The third-order valence-electron chi connectivity index (χ3n) is 3.91. The summed E-state index contributed by atoms with van der Waals surface area (Å²) in [5.41, 5.74) is 2.52. The largest absolute Gasteiger partial charge is 0.496 e. The van der Waals surface area contributed by atoms with Crippen LogP contribution in [0.4, 0.5) is 5.69 Å². The van der Waals surface area contributed by atoms with E-state index in [4.69, 9.17) is 4.74 Å². The molecule has 0 aliphatic heterocycles. The molecular formula is C17H18BrNO. The molecule has 3 rings (SSSR count). The van der Waals surface area contributed by atoms with E-state index < -0.39 is 0 Å². The molecule has 0 amide bonds. The number of nitrogens with one attached hydrogen (secondary N) is 1. The summed E-state index contributed by atoms with van der Waals surface area (Å²) in [6.07, 6.45) is 2.32. The maximum atomic E-state index is 5.44. The number of anilines is 1. The Bertz CT molecular complexity index is 593. The van der Waals surface area contributed by atoms with Gasteiger partial charge >= 0.3 is 0 Å². The zero-order chi connectivity index (χ0) is 13.9. The lowest BCUT2D eigenvalue weighted by molar-refractivity contribution is 0.350. The van der Waals surface area contributed by atoms with Crippen molar-refractivity contribution in [2.24, 2.45) is 0 Å². The molecule has 0 unspecified atom stereocenters. The zero-order valence-corrected chi connectivity index (χ0v) is 13.1. The van der Waals surface area contributed by atoms with Crippen LogP contribution in [0.5, 0.6) is 5.75 Å². The lowest BCUT2D eigenvalue weighted by Gasteiger charge is -2.37. The summed E-state index contributed by atoms with van der Waals surface area (Å²) in [5.74, 6) is 1.62. The van der Waals surface area contributed by atoms with Gasteiger partial charge in [0.15, 0.2) is 0 Å². The molecule has 1 fully saturated rings. The van der Waals surface area contributed by atoms with E-state index in [0.29, 0.717) is 12.0 Å². The molecular weight excluding hydrogens is 314 g/mol. The van der Waals surface area contributed by atoms with Crippen LogP contribution >= 0.6 is 15.9 Å². The number of hydrogen-bond acceptors (Lipinski definition) is 2. The minimum atomic E-state index is 0.555. The standard InChI is InChI=1S/C17H18BrNO/c1-20-17-8-3-2-7-16(17)12-9-15(10-12)19-14-6-4-5-13(18)11-14/h2-8,11-12,15,19H,9-10H2,1H3. The van der Waals surface area contributed by atoms with Crippen molar-refractivity contribution in [3.63, 3.8) is 0 Å². The van der Waals surface area contributed by atoms with E-state index in [9.17, 15) is 0 Å². The molecule has 1 saturated carbocycles. The molecule has 0 spiro atoms. The fourth-order valence-electron chi connectivity index (χ4n) is 2.81. The predicted molar refractivity (Wildman–Crippen MR) is 86.5 cm³/mol. The van der Waals surface area contributed by atoms with Crippen molar-refractivity contribution < 1.29 is 4.74 Å². The number of ether oxygens (including phenoxy) is 1. The summed E-state index contributed by atoms with van der Waals surface area (Å²) < 4.78 is 6.56. The maximum absolute atomic E-state index is 5.44. The maximum Gasteiger partial charge on any atom is 0.122 e. The van der Waals surface area contributed by atoms with Gasteiger partial charge in [0, 0.05) is 16.2 Å². The Morgan fingerprint density at radius 2 is 1.90 bits per heavy atom. The number of halogens is 1. The minimum absolute atomic E-state index is 0.555. The van der Waals surface area contributed by atoms with Crippen molar-refractivity contribution in [2.75, 3.05) is 12.4 Å². The molecule has 20 heavy (non-hydrogen) atoms. The molecule has 0 heterocycles. The molecule has 1 aliphatic rings. The van der Waals surface area contributed by atoms with Crippen LogP contribution in [0.2, 0.25) is 0 Å². The van der Waals surface area contributed by atoms with Crippen molar-refractivity contribution in [2.45, 2.75) is 24.8 Å². The Hall–Kier alpha value is -1.48. The molecule has 2 aromatic rings. The summed E-state index contributed by atoms with van der Waals surface area (Å²) in [6, 6.07) is 17.2. The van der Waals surface area contributed by atoms with E-state index >= 15 is 0 Å². The minimum Gasteiger partial charge on any atom is -0.496 e. The van der Waals surface area contributed by atoms with E-state index in [1.54, 1.807) is 7.11 Å². The van der Waals surface area contributed by atoms with Crippen molar-refractivity contribution in [3.8, 4) is 5.75 Å². The molecule has 104 valence electrons. The van der Waals surface area contributed by atoms with Crippen LogP contribution < -0.4 is 10.1 Å². The van der Waals surface area contributed by atoms with Gasteiger partial charge in [-0.15, -0.1) is 0 Å². The van der Waals surface area contributed by atoms with Gasteiger partial charge in [0.1, 0.15) is 5.75 Å². The van der Waals surface area contributed by atoms with E-state index in [2.05, 4.69) is 51.6 Å². The van der Waals surface area contributed by atoms with Gasteiger partial charge in [0.25, 0.3) is 0 Å². The van der Waals surface area contributed by atoms with Crippen molar-refractivity contribution in [3.05, 3.63) is 58.6 Å². The number of methoxy groups -OCH3 is 1. The molecule has 1 N–H and O–H groups in total. The summed E-state index contributed by atoms with van der Waals surface area (Å²) in [7, 11) is 1.74. The smallest absolute Gasteiger partial charge is 0.122 e. The molecule has 2 nitrogen and oxygen atoms in total. The number of rotatable bonds is 4. The van der Waals surface area contributed by atoms with Crippen LogP contribution in [0, 0.1) is 0 Å². The first-order valence-electron chi connectivity index (χ1n) is 6.91. The molecule has 1 aliphatic carbocycles. The molecule has 3 heteroatoms. The van der Waals surface area contributed by atoms with Gasteiger partial charge in [0.05, 0.1) is 7.11 Å². The first kappa shape index (κ1) is 13.5. The Labute approximate surface area is 128 Å². The SMILES string of the molecule is COc1ccccc1C1CC(Nc2cccc(Br)c2)C1. The van der Waals surface area contributed by atoms with E-state index in [1.165, 1.54) is 11.3 Å². The van der Waals surface area contributed by atoms with Crippen molar-refractivity contribution in [1.29, 1.82) is 0 Å². The highest BCUT2D eigenvalue weighted by molar-refractivity contribution is 9.10. The van der Waals surface area contributed by atoms with Gasteiger partial charge in [0.2, 0.25) is 0 Å². The first-order valence-corrected chi connectivity index (χ1v) is 7.70. The van der Waals surface area contributed by atoms with Gasteiger partial charge in [-0.3, -0.25) is 0 Å². The summed E-state index contributed by atoms with van der Waals surface area (Å²) >= 11 is 3.50. The number of hydrogen-bond donors (Lipinski definition) is 1. The van der Waals surface area contributed by atoms with Crippen LogP contribution in [0.25, 0.3) is 0 Å². The Morgan fingerprint density at radius 3 is 2.65 bits per heavy atom. The summed E-state index contributed by atoms with van der Waals surface area (Å²) in [6.45, 7) is 0. The monoisotopic (exact) mass is 331 g/mol. The molecule has 0 radical (unpaired) electrons. The van der Waals surface area contributed by atoms with Gasteiger partial charge in [-0.2, -0.15) is 0 Å². The number of para-hydroxylation sites is 1. The fourth-order valence-corrected chi connectivity index (χ4v) is 3.21. The van der Waals surface area contributed by atoms with E-state index in [1.807, 2.05) is 18.2 Å². The highest BCUT2D eigenvalue weighted by Crippen LogP contribution is 2.42. The van der Waals surface area contributed by atoms with Gasteiger partial charge in [-0.05, 0) is 48.6 Å². The normalized spacial score (nSPS) is 21.1. The first-order chi connectivity index (χ1) is 9.76. The van der Waals surface area contributed by atoms with Crippen LogP contribution in [-0.2, 0) is 0 Å². The van der Waals surface area contributed by atoms with Crippen LogP contribution in [0.15, 0.2) is 53.0 Å². The van der Waals surface area contributed by atoms with Gasteiger partial charge < -0.3 is 10.1 Å². The average molecular weight is 332 g/mol. The Kier molecular flexibility index (Phi) is 3.97. The molecule has 0 bridgehead atoms. The van der Waals surface area contributed by atoms with E-state index in [0.717, 1.165) is 23.1 Å². The van der Waals surface area contributed by atoms with Crippen LogP contribution in [0.1, 0.15) is 24.3 Å². The van der Waals surface area contributed by atoms with Crippen LogP contribution in [0.3, 0.4) is 0 Å². The molecule has 0 atom stereocenters. The van der Waals surface area contributed by atoms with Gasteiger partial charge in [-0.1, -0.05) is 40.2 Å². The van der Waals surface area contributed by atoms with Crippen LogP contribution in [-0.4, -0.2) is 13.2 Å². The topological polar surface area (TPSA) is 21.3 Å². The molecule has 0 aromatic heterocycles. The highest BCUT2D eigenvalue weighted by atomic mass is 79.9. The second-order valence-corrected chi connectivity index (χ2v) is 6.18. The lowest BCUT2D eigenvalue weighted by Crippen LogP contribution is -2.34. The Morgan fingerprint density at radius 1 is 1.10 bits per heavy atom. The Balaban J connectivity index is 1.61. The van der Waals surface area contributed by atoms with E-state index in [-0.39, 0.29) is 0 Å². The predicted octanol–water partition coefficient (Wildman–Crippen LogP) is 4.82. The van der Waals surface area contributed by atoms with Crippen molar-refractivity contribution >= 4 is 21.6 Å². The van der Waals surface area contributed by atoms with Crippen molar-refractivity contribution in [1.82, 2.24) is 0 Å². The second kappa shape index (κ2) is 5.88. The zero-order valence-electron chi connectivity index (χ0n) is 11.5. The lowest BCUT2D eigenvalue weighted by atomic mass is 9.75. The highest BCUT2D eigenvalue weighted by Gasteiger charge is 2.31. The fraction of sp³-hybridized carbons (Fsp3) is 0.294. The molecule has 2 aromatic carbocycles. The third kappa shape index (κ3) is 2.83. The summed E-state index contributed by atoms with van der Waals surface area (Å²) in [4.78, 5) is 0.